The van der Waals surface area contributed by atoms with Crippen LogP contribution < -0.4 is 9.80 Å². The molecule has 9 aromatic rings. The molecule has 4 unspecified atom stereocenters. The van der Waals surface area contributed by atoms with E-state index in [-0.39, 0.29) is 21.9 Å². The van der Waals surface area contributed by atoms with Crippen molar-refractivity contribution >= 4 is 33.5 Å². The first kappa shape index (κ1) is 49.7. The quantitative estimate of drug-likeness (QED) is 0.153. The zero-order valence-corrected chi connectivity index (χ0v) is 44.8. The first-order valence-electron chi connectivity index (χ1n) is 28.0. The van der Waals surface area contributed by atoms with E-state index in [1.165, 1.54) is 57.6 Å². The molecule has 0 amide bonds. The molecule has 0 N–H and O–H groups in total. The van der Waals surface area contributed by atoms with Crippen molar-refractivity contribution in [3.05, 3.63) is 239 Å². The highest BCUT2D eigenvalue weighted by Gasteiger charge is 2.59. The van der Waals surface area contributed by atoms with Crippen LogP contribution in [0.1, 0.15) is 124 Å². The van der Waals surface area contributed by atoms with Crippen molar-refractivity contribution in [1.29, 1.82) is 0 Å². The summed E-state index contributed by atoms with van der Waals surface area (Å²) in [5.41, 5.74) is 14.2. The molecule has 0 bridgehead atoms. The van der Waals surface area contributed by atoms with E-state index in [4.69, 9.17) is 0 Å². The minimum Gasteiger partial charge on any atom is -0.334 e. The van der Waals surface area contributed by atoms with Crippen LogP contribution in [-0.2, 0) is 28.6 Å². The SMILES string of the molecule is CC12CCCCC1(C)N(c1ccc(C(F)(F)F)cc1)c1ccc(-c3ccc4c(c3)C(c3ccccc3)(c3ccccc3)c3cc(-c5ccc6c(c5)C5(C)CCCCC5(C)N6c5ccc(C(F)(F)F)cc5)c5ccccc5c3-4)cc12. The zero-order valence-electron chi connectivity index (χ0n) is 44.8. The van der Waals surface area contributed by atoms with Gasteiger partial charge < -0.3 is 9.80 Å². The van der Waals surface area contributed by atoms with Crippen molar-refractivity contribution in [3.63, 3.8) is 0 Å². The highest BCUT2D eigenvalue weighted by molar-refractivity contribution is 6.10. The predicted molar refractivity (Wildman–Crippen MR) is 308 cm³/mol. The Labute approximate surface area is 458 Å². The standard InChI is InChI=1S/C71H60F6N2/c1-65-37-13-15-39-67(65,3)78(52-30-26-50(27-31-52)70(72,73)74)62-35-24-46(42-59(62)65)45-23-34-56-58(41-45)69(48-17-7-5-8-18-48,49-19-9-6-10-20-49)61-44-57(54-21-11-12-22-55(54)64(56)61)47-25-36-63-60(43-47)66(2)38-14-16-40-68(66,4)79(63)53-32-28-51(29-33-53)71(75,76)77/h5-12,17-36,41-44H,13-16,37-40H2,1-4H3. The number of halogens is 6. The second-order valence-corrected chi connectivity index (χ2v) is 24.0. The number of hydrogen-bond donors (Lipinski definition) is 0. The van der Waals surface area contributed by atoms with Gasteiger partial charge in [-0.25, -0.2) is 0 Å². The molecule has 2 nitrogen and oxygen atoms in total. The molecule has 0 radical (unpaired) electrons. The second-order valence-electron chi connectivity index (χ2n) is 24.0. The van der Waals surface area contributed by atoms with Gasteiger partial charge in [-0.2, -0.15) is 26.3 Å². The number of benzene rings is 9. The van der Waals surface area contributed by atoms with Gasteiger partial charge in [-0.3, -0.25) is 0 Å². The van der Waals surface area contributed by atoms with Gasteiger partial charge in [0.2, 0.25) is 0 Å². The first-order valence-corrected chi connectivity index (χ1v) is 28.0. The van der Waals surface area contributed by atoms with Crippen LogP contribution in [0.25, 0.3) is 44.2 Å². The lowest BCUT2D eigenvalue weighted by Crippen LogP contribution is -2.54. The average Bonchev–Trinajstić information content (AvgIpc) is 3.81. The molecular weight excluding hydrogens is 995 g/mol. The van der Waals surface area contributed by atoms with Gasteiger partial charge in [0.25, 0.3) is 0 Å². The average molecular weight is 1060 g/mol. The Bertz CT molecular complexity index is 3860. The maximum atomic E-state index is 13.9. The maximum absolute atomic E-state index is 13.9. The third-order valence-corrected chi connectivity index (χ3v) is 20.3. The van der Waals surface area contributed by atoms with Gasteiger partial charge in [0.1, 0.15) is 0 Å². The fourth-order valence-corrected chi connectivity index (χ4v) is 16.0. The largest absolute Gasteiger partial charge is 0.416 e. The molecule has 14 rings (SSSR count). The van der Waals surface area contributed by atoms with Crippen LogP contribution in [0.15, 0.2) is 194 Å². The summed E-state index contributed by atoms with van der Waals surface area (Å²) in [5, 5.41) is 2.30. The van der Waals surface area contributed by atoms with Crippen LogP contribution in [0.3, 0.4) is 0 Å². The van der Waals surface area contributed by atoms with Gasteiger partial charge in [0.15, 0.2) is 0 Å². The first-order chi connectivity index (χ1) is 37.9. The van der Waals surface area contributed by atoms with Crippen LogP contribution in [0.2, 0.25) is 0 Å². The lowest BCUT2D eigenvalue weighted by molar-refractivity contribution is -0.138. The Morgan fingerprint density at radius 2 is 0.785 bits per heavy atom. The molecular formula is C71H60F6N2. The smallest absolute Gasteiger partial charge is 0.334 e. The minimum atomic E-state index is -4.42. The Kier molecular flexibility index (Phi) is 10.8. The van der Waals surface area contributed by atoms with Crippen LogP contribution in [-0.4, -0.2) is 11.1 Å². The van der Waals surface area contributed by atoms with Gasteiger partial charge in [-0.05, 0) is 202 Å². The van der Waals surface area contributed by atoms with Gasteiger partial charge in [-0.15, -0.1) is 0 Å². The van der Waals surface area contributed by atoms with Crippen molar-refractivity contribution < 1.29 is 26.3 Å². The van der Waals surface area contributed by atoms with E-state index in [0.717, 1.165) is 118 Å². The Balaban J connectivity index is 0.961. The molecule has 0 aromatic heterocycles. The topological polar surface area (TPSA) is 6.48 Å². The normalized spacial score (nSPS) is 23.7. The molecule has 2 heterocycles. The van der Waals surface area contributed by atoms with Crippen molar-refractivity contribution in [2.45, 2.75) is 119 Å². The third-order valence-electron chi connectivity index (χ3n) is 20.3. The summed E-state index contributed by atoms with van der Waals surface area (Å²) in [6, 6.07) is 65.1. The van der Waals surface area contributed by atoms with E-state index in [1.54, 1.807) is 24.3 Å². The van der Waals surface area contributed by atoms with E-state index in [2.05, 4.69) is 183 Å². The number of fused-ring (bicyclic) bond motifs is 11. The summed E-state index contributed by atoms with van der Waals surface area (Å²) in [6.07, 6.45) is -0.845. The molecule has 4 atom stereocenters. The van der Waals surface area contributed by atoms with Crippen LogP contribution in [0, 0.1) is 0 Å². The van der Waals surface area contributed by atoms with Crippen LogP contribution in [0.4, 0.5) is 49.1 Å². The summed E-state index contributed by atoms with van der Waals surface area (Å²) in [6.45, 7) is 9.34. The molecule has 2 aliphatic heterocycles. The Morgan fingerprint density at radius 3 is 1.28 bits per heavy atom. The third kappa shape index (κ3) is 6.91. The van der Waals surface area contributed by atoms with Gasteiger partial charge in [-0.1, -0.05) is 149 Å². The summed E-state index contributed by atoms with van der Waals surface area (Å²) in [4.78, 5) is 4.66. The monoisotopic (exact) mass is 1050 g/mol. The van der Waals surface area contributed by atoms with Crippen LogP contribution in [0.5, 0.6) is 0 Å². The van der Waals surface area contributed by atoms with E-state index < -0.39 is 28.9 Å². The highest BCUT2D eigenvalue weighted by Crippen LogP contribution is 2.65. The highest BCUT2D eigenvalue weighted by atomic mass is 19.4. The molecule has 79 heavy (non-hydrogen) atoms. The van der Waals surface area contributed by atoms with Crippen molar-refractivity contribution in [2.24, 2.45) is 0 Å². The molecule has 9 aromatic carbocycles. The number of nitrogens with zero attached hydrogens (tertiary/aromatic N) is 2. The van der Waals surface area contributed by atoms with Crippen molar-refractivity contribution in [1.82, 2.24) is 0 Å². The fourth-order valence-electron chi connectivity index (χ4n) is 16.0. The number of rotatable bonds is 6. The number of alkyl halides is 6. The maximum Gasteiger partial charge on any atom is 0.416 e. The molecule has 0 spiro atoms. The molecule has 0 saturated heterocycles. The van der Waals surface area contributed by atoms with E-state index in [1.807, 2.05) is 0 Å². The molecule has 2 saturated carbocycles. The zero-order chi connectivity index (χ0) is 54.5. The summed E-state index contributed by atoms with van der Waals surface area (Å²) in [5.74, 6) is 0. The van der Waals surface area contributed by atoms with Gasteiger partial charge in [0.05, 0.1) is 27.6 Å². The van der Waals surface area contributed by atoms with E-state index >= 15 is 0 Å². The Morgan fingerprint density at radius 1 is 0.367 bits per heavy atom. The van der Waals surface area contributed by atoms with E-state index in [9.17, 15) is 26.3 Å². The predicted octanol–water partition coefficient (Wildman–Crippen LogP) is 20.1. The lowest BCUT2D eigenvalue weighted by atomic mass is 9.61. The van der Waals surface area contributed by atoms with Crippen LogP contribution >= 0.6 is 0 Å². The molecule has 5 aliphatic rings. The second kappa shape index (κ2) is 17.2. The van der Waals surface area contributed by atoms with Crippen molar-refractivity contribution in [2.75, 3.05) is 9.80 Å². The van der Waals surface area contributed by atoms with E-state index in [0.29, 0.717) is 0 Å². The summed E-state index contributed by atoms with van der Waals surface area (Å²) in [7, 11) is 0. The molecule has 2 fully saturated rings. The lowest BCUT2D eigenvalue weighted by Gasteiger charge is -2.50. The summed E-state index contributed by atoms with van der Waals surface area (Å²) < 4.78 is 83.3. The minimum absolute atomic E-state index is 0.259. The number of hydrogen-bond acceptors (Lipinski definition) is 2. The molecule has 8 heteroatoms. The Hall–Kier alpha value is -7.58. The fraction of sp³-hybridized carbons (Fsp3) is 0.268. The number of anilines is 4. The van der Waals surface area contributed by atoms with Crippen molar-refractivity contribution in [3.8, 4) is 33.4 Å². The summed E-state index contributed by atoms with van der Waals surface area (Å²) >= 11 is 0. The van der Waals surface area contributed by atoms with Gasteiger partial charge >= 0.3 is 12.4 Å². The van der Waals surface area contributed by atoms with Gasteiger partial charge in [0, 0.05) is 33.6 Å². The molecule has 3 aliphatic carbocycles. The molecule has 396 valence electrons.